The normalized spacial score (nSPS) is 5.43. The monoisotopic (exact) mass is 178 g/mol. The van der Waals surface area contributed by atoms with E-state index in [0.717, 1.165) is 0 Å². The van der Waals surface area contributed by atoms with Gasteiger partial charge in [-0.05, 0) is 0 Å². The van der Waals surface area contributed by atoms with E-state index in [1.165, 1.54) is 0 Å². The van der Waals surface area contributed by atoms with Crippen LogP contribution in [0.4, 0.5) is 0 Å². The van der Waals surface area contributed by atoms with Crippen LogP contribution in [-0.2, 0) is 16.2 Å². The van der Waals surface area contributed by atoms with Crippen molar-refractivity contribution in [2.75, 3.05) is 0 Å². The Morgan fingerprint density at radius 1 is 1.86 bits per heavy atom. The number of hydrogen-bond donors (Lipinski definition) is 2. The van der Waals surface area contributed by atoms with Gasteiger partial charge in [-0.1, -0.05) is 0 Å². The molecule has 0 aromatic carbocycles. The number of nitroso groups, excluding NO2 is 1. The Morgan fingerprint density at radius 2 is 2.00 bits per heavy atom. The van der Waals surface area contributed by atoms with E-state index in [0.29, 0.717) is 4.32 Å². The number of thiocarbonyl (C=S) groups is 1. The quantitative estimate of drug-likeness (QED) is 0.307. The Balaban J connectivity index is 0. The van der Waals surface area contributed by atoms with E-state index in [9.17, 15) is 0 Å². The number of hydrogen-bond acceptors (Lipinski definition) is 2. The molecule has 0 spiro atoms. The summed E-state index contributed by atoms with van der Waals surface area (Å²) in [4.78, 5) is 7.25. The second-order valence-corrected chi connectivity index (χ2v) is 1.83. The predicted octanol–water partition coefficient (Wildman–Crippen LogP) is -0.195. The van der Waals surface area contributed by atoms with Crippen molar-refractivity contribution in [2.24, 2.45) is 0 Å². The SMILES string of the molecule is S=C(S)[NH][Fe].[N+]=O. The number of thiol groups is 1. The van der Waals surface area contributed by atoms with Crippen molar-refractivity contribution in [3.63, 3.8) is 0 Å². The Bertz CT molecular complexity index is 59.7. The van der Waals surface area contributed by atoms with Gasteiger partial charge in [-0.3, -0.25) is 0 Å². The van der Waals surface area contributed by atoms with Gasteiger partial charge in [0.25, 0.3) is 0 Å². The molecule has 1 N–H and O–H groups in total. The van der Waals surface area contributed by atoms with Crippen molar-refractivity contribution in [1.82, 2.24) is 9.93 Å². The maximum Gasteiger partial charge on any atom is 0.813 e. The second-order valence-electron chi connectivity index (χ2n) is 0.394. The van der Waals surface area contributed by atoms with Crippen molar-refractivity contribution in [3.8, 4) is 0 Å². The number of nitrogens with zero attached hydrogens (tertiary/aromatic N) is 1. The van der Waals surface area contributed by atoms with Crippen LogP contribution >= 0.6 is 24.8 Å². The van der Waals surface area contributed by atoms with Crippen LogP contribution in [0.3, 0.4) is 0 Å². The van der Waals surface area contributed by atoms with E-state index >= 15 is 0 Å². The number of nitrogens with one attached hydrogen (secondary N) is 1. The van der Waals surface area contributed by atoms with Crippen molar-refractivity contribution in [1.29, 1.82) is 0 Å². The summed E-state index contributed by atoms with van der Waals surface area (Å²) >= 11 is 11.3. The second kappa shape index (κ2) is 9.61. The van der Waals surface area contributed by atoms with Gasteiger partial charge >= 0.3 is 55.3 Å². The third-order valence-electron chi connectivity index (χ3n) is 0.0756. The van der Waals surface area contributed by atoms with Crippen LogP contribution in [0, 0.1) is 4.91 Å². The zero-order valence-electron chi connectivity index (χ0n) is 3.06. The Hall–Kier alpha value is 0.359. The van der Waals surface area contributed by atoms with Crippen LogP contribution < -0.4 is 9.93 Å². The fourth-order valence-electron chi connectivity index (χ4n) is 0. The third-order valence-corrected chi connectivity index (χ3v) is 0.935. The van der Waals surface area contributed by atoms with Gasteiger partial charge in [-0.15, -0.1) is 0 Å². The molecule has 41 valence electrons. The van der Waals surface area contributed by atoms with Crippen molar-refractivity contribution in [2.45, 2.75) is 0 Å². The van der Waals surface area contributed by atoms with Gasteiger partial charge in [-0.2, -0.15) is 0 Å². The maximum absolute atomic E-state index is 7.25. The molecule has 7 heavy (non-hydrogen) atoms. The minimum absolute atomic E-state index is 0.421. The van der Waals surface area contributed by atoms with E-state index in [1.807, 2.05) is 0 Å². The summed E-state index contributed by atoms with van der Waals surface area (Å²) in [7, 11) is 0. The van der Waals surface area contributed by atoms with Crippen LogP contribution in [-0.4, -0.2) is 4.32 Å². The molecule has 0 atom stereocenters. The summed E-state index contributed by atoms with van der Waals surface area (Å²) in [6, 6.07) is 0. The van der Waals surface area contributed by atoms with Gasteiger partial charge in [0.1, 0.15) is 0 Å². The van der Waals surface area contributed by atoms with Crippen LogP contribution in [0.2, 0.25) is 0 Å². The molecule has 0 saturated carbocycles. The molecule has 0 amide bonds. The Kier molecular flexibility index (Phi) is 14.2. The molecule has 3 nitrogen and oxygen atoms in total. The third kappa shape index (κ3) is 21.7. The maximum atomic E-state index is 7.25. The van der Waals surface area contributed by atoms with E-state index in [-0.39, 0.29) is 0 Å². The molecule has 0 aromatic rings. The first-order valence-electron chi connectivity index (χ1n) is 1.04. The minimum Gasteiger partial charge on any atom is 0.187 e. The van der Waals surface area contributed by atoms with E-state index in [2.05, 4.69) is 45.4 Å². The zero-order valence-corrected chi connectivity index (χ0v) is 5.88. The summed E-state index contributed by atoms with van der Waals surface area (Å²) in [5.74, 6) is 0. The molecule has 0 unspecified atom stereocenters. The average molecular weight is 178 g/mol. The first-order chi connectivity index (χ1) is 3.27. The molecule has 0 fully saturated rings. The molecule has 0 bridgehead atoms. The van der Waals surface area contributed by atoms with Crippen molar-refractivity contribution in [3.05, 3.63) is 4.91 Å². The standard InChI is InChI=1S/CH3NS2.Fe.NO/c2-1(3)4;;1-2/h(H3,2,3,4);;/q;2*+1/p-1. The molecule has 6 heteroatoms. The van der Waals surface area contributed by atoms with Crippen LogP contribution in [0.25, 0.3) is 0 Å². The minimum atomic E-state index is 0.421. The summed E-state index contributed by atoms with van der Waals surface area (Å²) in [6.45, 7) is 0. The van der Waals surface area contributed by atoms with Gasteiger partial charge in [0.05, 0.1) is 0 Å². The van der Waals surface area contributed by atoms with Crippen molar-refractivity contribution < 1.29 is 16.2 Å². The Morgan fingerprint density at radius 3 is 2.00 bits per heavy atom. The molecule has 0 aliphatic rings. The molecule has 0 rings (SSSR count). The summed E-state index contributed by atoms with van der Waals surface area (Å²) in [6.07, 6.45) is 0. The largest absolute Gasteiger partial charge is 0.813 e. The smallest absolute Gasteiger partial charge is 0.187 e. The van der Waals surface area contributed by atoms with Gasteiger partial charge < -0.3 is 0 Å². The van der Waals surface area contributed by atoms with E-state index < -0.39 is 0 Å². The van der Waals surface area contributed by atoms with Crippen LogP contribution in [0.15, 0.2) is 0 Å². The summed E-state index contributed by atoms with van der Waals surface area (Å²) < 4.78 is 2.79. The van der Waals surface area contributed by atoms with Gasteiger partial charge in [0.15, 0.2) is 4.91 Å². The fraction of sp³-hybridized carbons (Fsp3) is 0. The molecule has 0 aromatic heterocycles. The first-order valence-corrected chi connectivity index (χ1v) is 2.44. The van der Waals surface area contributed by atoms with Crippen molar-refractivity contribution >= 4 is 29.2 Å². The summed E-state index contributed by atoms with van der Waals surface area (Å²) in [5.41, 5.74) is 5.75. The van der Waals surface area contributed by atoms with E-state index in [4.69, 9.17) is 10.5 Å². The molecule has 0 aliphatic heterocycles. The van der Waals surface area contributed by atoms with Crippen LogP contribution in [0.5, 0.6) is 0 Å². The molecular weight excluding hydrogens is 176 g/mol. The van der Waals surface area contributed by atoms with Gasteiger partial charge in [0, 0.05) is 0 Å². The number of rotatable bonds is 0. The van der Waals surface area contributed by atoms with E-state index in [1.54, 1.807) is 0 Å². The molecule has 0 saturated heterocycles. The molecule has 0 aliphatic carbocycles. The van der Waals surface area contributed by atoms with Crippen LogP contribution in [0.1, 0.15) is 0 Å². The molecule has 0 heterocycles. The predicted molar refractivity (Wildman–Crippen MR) is 30.2 cm³/mol. The zero-order chi connectivity index (χ0) is 6.28. The Labute approximate surface area is 60.4 Å². The van der Waals surface area contributed by atoms with Gasteiger partial charge in [-0.25, -0.2) is 0 Å². The summed E-state index contributed by atoms with van der Waals surface area (Å²) in [5, 5.41) is 0. The molecule has 2 radical (unpaired) electrons. The average Bonchev–Trinajstić information content (AvgIpc) is 1.73. The fourth-order valence-corrected chi connectivity index (χ4v) is 0. The topological polar surface area (TPSA) is 51.4 Å². The van der Waals surface area contributed by atoms with Gasteiger partial charge in [0.2, 0.25) is 0 Å². The first kappa shape index (κ1) is 10.4. The molecular formula is CH2FeN2OS2+.